The zero-order chi connectivity index (χ0) is 17.5. The summed E-state index contributed by atoms with van der Waals surface area (Å²) in [6.07, 6.45) is 0. The summed E-state index contributed by atoms with van der Waals surface area (Å²) >= 11 is 5.86. The van der Waals surface area contributed by atoms with Crippen molar-refractivity contribution in [2.45, 2.75) is 6.54 Å². The Bertz CT molecular complexity index is 716. The van der Waals surface area contributed by atoms with Crippen LogP contribution in [0, 0.1) is 0 Å². The monoisotopic (exact) mass is 346 g/mol. The molecule has 0 radical (unpaired) electrons. The van der Waals surface area contributed by atoms with Crippen LogP contribution in [0.3, 0.4) is 0 Å². The van der Waals surface area contributed by atoms with Crippen LogP contribution in [0.1, 0.15) is 15.9 Å². The fraction of sp³-hybridized carbons (Fsp3) is 0.222. The van der Waals surface area contributed by atoms with Gasteiger partial charge >= 0.3 is 5.97 Å². The molecule has 0 fully saturated rings. The third-order valence-electron chi connectivity index (χ3n) is 3.39. The smallest absolute Gasteiger partial charge is 0.339 e. The van der Waals surface area contributed by atoms with Crippen LogP contribution in [0.15, 0.2) is 48.5 Å². The number of carbonyl (C=O) groups is 2. The van der Waals surface area contributed by atoms with E-state index in [1.807, 2.05) is 36.2 Å². The maximum atomic E-state index is 12.2. The van der Waals surface area contributed by atoms with Gasteiger partial charge in [0.15, 0.2) is 0 Å². The second-order valence-corrected chi connectivity index (χ2v) is 5.82. The van der Waals surface area contributed by atoms with Gasteiger partial charge in [0, 0.05) is 11.6 Å². The van der Waals surface area contributed by atoms with E-state index in [4.69, 9.17) is 16.3 Å². The fourth-order valence-electron chi connectivity index (χ4n) is 2.27. The van der Waals surface area contributed by atoms with Crippen LogP contribution in [0.25, 0.3) is 0 Å². The van der Waals surface area contributed by atoms with Gasteiger partial charge in [-0.15, -0.1) is 0 Å². The molecule has 24 heavy (non-hydrogen) atoms. The van der Waals surface area contributed by atoms with Crippen LogP contribution in [0.2, 0.25) is 5.02 Å². The molecular formula is C18H19ClN2O3. The highest BCUT2D eigenvalue weighted by Crippen LogP contribution is 2.16. The van der Waals surface area contributed by atoms with E-state index in [0.29, 0.717) is 22.8 Å². The van der Waals surface area contributed by atoms with E-state index in [-0.39, 0.29) is 12.5 Å². The van der Waals surface area contributed by atoms with E-state index in [2.05, 4.69) is 5.32 Å². The first kappa shape index (κ1) is 18.0. The Balaban J connectivity index is 1.95. The number of para-hydroxylation sites is 1. The SMILES string of the molecule is COC(=O)c1ccccc1NC(=O)CN(C)Cc1ccc(Cl)cc1. The van der Waals surface area contributed by atoms with Crippen LogP contribution in [0.4, 0.5) is 5.69 Å². The second kappa shape index (κ2) is 8.47. The lowest BCUT2D eigenvalue weighted by atomic mass is 10.2. The van der Waals surface area contributed by atoms with Gasteiger partial charge in [-0.1, -0.05) is 35.9 Å². The van der Waals surface area contributed by atoms with Crippen molar-refractivity contribution < 1.29 is 14.3 Å². The van der Waals surface area contributed by atoms with Crippen LogP contribution >= 0.6 is 11.6 Å². The molecule has 0 heterocycles. The minimum atomic E-state index is -0.486. The van der Waals surface area contributed by atoms with Crippen LogP contribution < -0.4 is 5.32 Å². The van der Waals surface area contributed by atoms with E-state index >= 15 is 0 Å². The van der Waals surface area contributed by atoms with Crippen LogP contribution in [-0.4, -0.2) is 37.5 Å². The molecule has 126 valence electrons. The van der Waals surface area contributed by atoms with Gasteiger partial charge in [0.1, 0.15) is 0 Å². The summed E-state index contributed by atoms with van der Waals surface area (Å²) in [5.74, 6) is -0.691. The first-order valence-electron chi connectivity index (χ1n) is 7.40. The highest BCUT2D eigenvalue weighted by atomic mass is 35.5. The zero-order valence-corrected chi connectivity index (χ0v) is 14.3. The number of anilines is 1. The largest absolute Gasteiger partial charge is 0.465 e. The Kier molecular flexibility index (Phi) is 6.35. The summed E-state index contributed by atoms with van der Waals surface area (Å²) in [6, 6.07) is 14.2. The predicted molar refractivity (Wildman–Crippen MR) is 94.2 cm³/mol. The number of methoxy groups -OCH3 is 1. The molecule has 5 nitrogen and oxygen atoms in total. The van der Waals surface area contributed by atoms with Gasteiger partial charge in [0.2, 0.25) is 5.91 Å². The Morgan fingerprint density at radius 1 is 1.12 bits per heavy atom. The average molecular weight is 347 g/mol. The average Bonchev–Trinajstić information content (AvgIpc) is 2.56. The summed E-state index contributed by atoms with van der Waals surface area (Å²) in [6.45, 7) is 0.807. The molecule has 0 spiro atoms. The normalized spacial score (nSPS) is 10.5. The predicted octanol–water partition coefficient (Wildman–Crippen LogP) is 3.20. The number of hydrogen-bond donors (Lipinski definition) is 1. The molecule has 0 saturated heterocycles. The van der Waals surface area contributed by atoms with Crippen molar-refractivity contribution in [2.75, 3.05) is 26.0 Å². The summed E-state index contributed by atoms with van der Waals surface area (Å²) in [7, 11) is 3.15. The Morgan fingerprint density at radius 2 is 1.79 bits per heavy atom. The highest BCUT2D eigenvalue weighted by Gasteiger charge is 2.14. The number of nitrogens with zero attached hydrogens (tertiary/aromatic N) is 1. The molecule has 0 aliphatic carbocycles. The minimum absolute atomic E-state index is 0.193. The van der Waals surface area contributed by atoms with E-state index in [0.717, 1.165) is 5.56 Å². The number of nitrogens with one attached hydrogen (secondary N) is 1. The van der Waals surface area contributed by atoms with E-state index in [1.54, 1.807) is 24.3 Å². The Hall–Kier alpha value is -2.37. The van der Waals surface area contributed by atoms with Crippen LogP contribution in [0.5, 0.6) is 0 Å². The third kappa shape index (κ3) is 5.08. The molecule has 2 aromatic rings. The fourth-order valence-corrected chi connectivity index (χ4v) is 2.40. The summed E-state index contributed by atoms with van der Waals surface area (Å²) < 4.78 is 4.72. The number of halogens is 1. The molecule has 0 aliphatic rings. The number of rotatable bonds is 6. The van der Waals surface area contributed by atoms with Gasteiger partial charge in [0.25, 0.3) is 0 Å². The molecule has 1 amide bonds. The number of ether oxygens (including phenoxy) is 1. The Morgan fingerprint density at radius 3 is 2.46 bits per heavy atom. The molecule has 0 bridgehead atoms. The second-order valence-electron chi connectivity index (χ2n) is 5.38. The van der Waals surface area contributed by atoms with Gasteiger partial charge in [-0.25, -0.2) is 4.79 Å². The molecule has 2 aromatic carbocycles. The molecule has 2 rings (SSSR count). The number of amides is 1. The molecule has 0 unspecified atom stereocenters. The lowest BCUT2D eigenvalue weighted by molar-refractivity contribution is -0.117. The van der Waals surface area contributed by atoms with Gasteiger partial charge < -0.3 is 10.1 Å². The molecular weight excluding hydrogens is 328 g/mol. The standard InChI is InChI=1S/C18H19ClN2O3/c1-21(11-13-7-9-14(19)10-8-13)12-17(22)20-16-6-4-3-5-15(16)18(23)24-2/h3-10H,11-12H2,1-2H3,(H,20,22). The topological polar surface area (TPSA) is 58.6 Å². The summed E-state index contributed by atoms with van der Waals surface area (Å²) in [5.41, 5.74) is 1.83. The molecule has 0 atom stereocenters. The third-order valence-corrected chi connectivity index (χ3v) is 3.64. The van der Waals surface area contributed by atoms with Gasteiger partial charge in [-0.2, -0.15) is 0 Å². The number of likely N-dealkylation sites (N-methyl/N-ethyl adjacent to an activating group) is 1. The summed E-state index contributed by atoms with van der Waals surface area (Å²) in [4.78, 5) is 25.8. The first-order chi connectivity index (χ1) is 11.5. The quantitative estimate of drug-likeness (QED) is 0.816. The van der Waals surface area contributed by atoms with Crippen molar-refractivity contribution in [3.05, 3.63) is 64.7 Å². The molecule has 0 saturated carbocycles. The molecule has 0 aliphatic heterocycles. The number of benzene rings is 2. The number of hydrogen-bond acceptors (Lipinski definition) is 4. The van der Waals surface area contributed by atoms with Crippen LogP contribution in [-0.2, 0) is 16.1 Å². The van der Waals surface area contributed by atoms with E-state index in [1.165, 1.54) is 7.11 Å². The lowest BCUT2D eigenvalue weighted by Gasteiger charge is -2.17. The molecule has 1 N–H and O–H groups in total. The van der Waals surface area contributed by atoms with Crippen molar-refractivity contribution in [3.8, 4) is 0 Å². The maximum Gasteiger partial charge on any atom is 0.339 e. The van der Waals surface area contributed by atoms with Crippen molar-refractivity contribution in [3.63, 3.8) is 0 Å². The van der Waals surface area contributed by atoms with Crippen molar-refractivity contribution in [1.29, 1.82) is 0 Å². The number of carbonyl (C=O) groups excluding carboxylic acids is 2. The van der Waals surface area contributed by atoms with Gasteiger partial charge in [-0.3, -0.25) is 9.69 Å². The van der Waals surface area contributed by atoms with E-state index < -0.39 is 5.97 Å². The lowest BCUT2D eigenvalue weighted by Crippen LogP contribution is -2.30. The first-order valence-corrected chi connectivity index (χ1v) is 7.77. The van der Waals surface area contributed by atoms with Crippen molar-refractivity contribution >= 4 is 29.2 Å². The molecule has 6 heteroatoms. The zero-order valence-electron chi connectivity index (χ0n) is 13.6. The highest BCUT2D eigenvalue weighted by molar-refractivity contribution is 6.30. The van der Waals surface area contributed by atoms with E-state index in [9.17, 15) is 9.59 Å². The van der Waals surface area contributed by atoms with Gasteiger partial charge in [0.05, 0.1) is 24.9 Å². The Labute approximate surface area is 146 Å². The molecule has 0 aromatic heterocycles. The van der Waals surface area contributed by atoms with Gasteiger partial charge in [-0.05, 0) is 36.9 Å². The van der Waals surface area contributed by atoms with Crippen molar-refractivity contribution in [2.24, 2.45) is 0 Å². The maximum absolute atomic E-state index is 12.2. The van der Waals surface area contributed by atoms with Crippen molar-refractivity contribution in [1.82, 2.24) is 4.90 Å². The summed E-state index contributed by atoms with van der Waals surface area (Å²) in [5, 5.41) is 3.43. The minimum Gasteiger partial charge on any atom is -0.465 e. The number of esters is 1.